The summed E-state index contributed by atoms with van der Waals surface area (Å²) < 4.78 is 7.82. The summed E-state index contributed by atoms with van der Waals surface area (Å²) in [5, 5.41) is 9.02. The molecule has 90 valence electrons. The fourth-order valence-electron chi connectivity index (χ4n) is 1.80. The second-order valence-electron chi connectivity index (χ2n) is 3.82. The van der Waals surface area contributed by atoms with E-state index in [1.165, 1.54) is 0 Å². The second-order valence-corrected chi connectivity index (χ2v) is 4.35. The molecule has 6 nitrogen and oxygen atoms in total. The normalized spacial score (nSPS) is 10.9. The van der Waals surface area contributed by atoms with E-state index < -0.39 is 5.97 Å². The first-order valence-electron chi connectivity index (χ1n) is 5.18. The first kappa shape index (κ1) is 10.8. The SMILES string of the molecule is Cc1nc2ccc(-c3nsnc3C(=O)O)cc2[nH]1. The van der Waals surface area contributed by atoms with E-state index in [1.54, 1.807) is 6.07 Å². The smallest absolute Gasteiger partial charge is 0.357 e. The number of aromatic amines is 1. The van der Waals surface area contributed by atoms with E-state index in [0.29, 0.717) is 5.69 Å². The molecule has 0 bridgehead atoms. The zero-order valence-electron chi connectivity index (χ0n) is 9.34. The number of nitrogens with zero attached hydrogens (tertiary/aromatic N) is 3. The number of fused-ring (bicyclic) bond motifs is 1. The third-order valence-corrected chi connectivity index (χ3v) is 3.09. The van der Waals surface area contributed by atoms with Crippen LogP contribution in [0.4, 0.5) is 0 Å². The van der Waals surface area contributed by atoms with Crippen LogP contribution in [0.5, 0.6) is 0 Å². The Morgan fingerprint density at radius 2 is 2.22 bits per heavy atom. The number of carboxylic acid groups (broad SMARTS) is 1. The lowest BCUT2D eigenvalue weighted by Crippen LogP contribution is -1.98. The molecule has 0 radical (unpaired) electrons. The Hall–Kier alpha value is -2.28. The van der Waals surface area contributed by atoms with Crippen molar-refractivity contribution >= 4 is 28.7 Å². The van der Waals surface area contributed by atoms with Gasteiger partial charge in [-0.2, -0.15) is 8.75 Å². The molecule has 3 rings (SSSR count). The van der Waals surface area contributed by atoms with Gasteiger partial charge in [-0.15, -0.1) is 0 Å². The van der Waals surface area contributed by atoms with E-state index in [2.05, 4.69) is 18.7 Å². The minimum atomic E-state index is -1.07. The quantitative estimate of drug-likeness (QED) is 0.736. The Kier molecular flexibility index (Phi) is 2.34. The highest BCUT2D eigenvalue weighted by molar-refractivity contribution is 6.99. The Morgan fingerprint density at radius 1 is 1.39 bits per heavy atom. The predicted octanol–water partition coefficient (Wildman–Crippen LogP) is 2.09. The van der Waals surface area contributed by atoms with Crippen LogP contribution in [0.3, 0.4) is 0 Å². The number of carbonyl (C=O) groups is 1. The number of H-pyrrole nitrogens is 1. The molecule has 2 aromatic heterocycles. The van der Waals surface area contributed by atoms with Crippen LogP contribution < -0.4 is 0 Å². The molecule has 0 fully saturated rings. The molecule has 0 saturated carbocycles. The Balaban J connectivity index is 2.18. The average Bonchev–Trinajstić information content (AvgIpc) is 2.91. The van der Waals surface area contributed by atoms with E-state index in [-0.39, 0.29) is 5.69 Å². The molecule has 7 heteroatoms. The molecule has 0 atom stereocenters. The van der Waals surface area contributed by atoms with Crippen molar-refractivity contribution in [1.29, 1.82) is 0 Å². The molecule has 0 amide bonds. The van der Waals surface area contributed by atoms with Gasteiger partial charge in [-0.25, -0.2) is 9.78 Å². The fourth-order valence-corrected chi connectivity index (χ4v) is 2.36. The van der Waals surface area contributed by atoms with Gasteiger partial charge in [-0.1, -0.05) is 6.07 Å². The molecule has 0 saturated heterocycles. The van der Waals surface area contributed by atoms with Gasteiger partial charge in [0.1, 0.15) is 11.5 Å². The largest absolute Gasteiger partial charge is 0.476 e. The van der Waals surface area contributed by atoms with Crippen molar-refractivity contribution in [3.8, 4) is 11.3 Å². The standard InChI is InChI=1S/C11H8N4O2S/c1-5-12-7-3-2-6(4-8(7)13-5)9-10(11(16)17)15-18-14-9/h2-4H,1H3,(H,12,13)(H,16,17). The molecule has 0 aliphatic carbocycles. The van der Waals surface area contributed by atoms with E-state index in [0.717, 1.165) is 34.1 Å². The lowest BCUT2D eigenvalue weighted by Gasteiger charge is -1.97. The number of aromatic carboxylic acids is 1. The predicted molar refractivity (Wildman–Crippen MR) is 66.7 cm³/mol. The second kappa shape index (κ2) is 3.88. The number of benzene rings is 1. The maximum absolute atomic E-state index is 11.0. The summed E-state index contributed by atoms with van der Waals surface area (Å²) in [6.07, 6.45) is 0. The van der Waals surface area contributed by atoms with Crippen LogP contribution in [-0.2, 0) is 0 Å². The van der Waals surface area contributed by atoms with Crippen LogP contribution in [0.15, 0.2) is 18.2 Å². The topological polar surface area (TPSA) is 91.8 Å². The number of nitrogens with one attached hydrogen (secondary N) is 1. The summed E-state index contributed by atoms with van der Waals surface area (Å²) in [6, 6.07) is 5.46. The number of rotatable bonds is 2. The Morgan fingerprint density at radius 3 is 3.00 bits per heavy atom. The number of hydrogen-bond donors (Lipinski definition) is 2. The molecule has 0 spiro atoms. The zero-order valence-corrected chi connectivity index (χ0v) is 10.2. The number of aromatic nitrogens is 4. The minimum Gasteiger partial charge on any atom is -0.476 e. The lowest BCUT2D eigenvalue weighted by molar-refractivity contribution is 0.0692. The van der Waals surface area contributed by atoms with Crippen LogP contribution in [0.2, 0.25) is 0 Å². The Labute approximate surface area is 106 Å². The number of imidazole rings is 1. The van der Waals surface area contributed by atoms with Gasteiger partial charge in [0, 0.05) is 5.56 Å². The van der Waals surface area contributed by atoms with Crippen LogP contribution in [-0.4, -0.2) is 29.8 Å². The van der Waals surface area contributed by atoms with E-state index >= 15 is 0 Å². The van der Waals surface area contributed by atoms with E-state index in [9.17, 15) is 4.79 Å². The van der Waals surface area contributed by atoms with Gasteiger partial charge in [0.05, 0.1) is 22.8 Å². The molecule has 3 aromatic rings. The van der Waals surface area contributed by atoms with Gasteiger partial charge in [-0.05, 0) is 19.1 Å². The summed E-state index contributed by atoms with van der Waals surface area (Å²) in [5.41, 5.74) is 2.79. The van der Waals surface area contributed by atoms with Gasteiger partial charge < -0.3 is 10.1 Å². The monoisotopic (exact) mass is 260 g/mol. The summed E-state index contributed by atoms with van der Waals surface area (Å²) >= 11 is 0.893. The molecule has 0 aliphatic heterocycles. The van der Waals surface area contributed by atoms with Crippen LogP contribution >= 0.6 is 11.7 Å². The third-order valence-electron chi connectivity index (χ3n) is 2.56. The van der Waals surface area contributed by atoms with E-state index in [4.69, 9.17) is 5.11 Å². The van der Waals surface area contributed by atoms with Gasteiger partial charge >= 0.3 is 5.97 Å². The van der Waals surface area contributed by atoms with Gasteiger partial charge in [0.25, 0.3) is 0 Å². The minimum absolute atomic E-state index is 0.0180. The van der Waals surface area contributed by atoms with Crippen molar-refractivity contribution in [2.24, 2.45) is 0 Å². The van der Waals surface area contributed by atoms with E-state index in [1.807, 2.05) is 19.1 Å². The molecular weight excluding hydrogens is 252 g/mol. The van der Waals surface area contributed by atoms with Crippen molar-refractivity contribution in [1.82, 2.24) is 18.7 Å². The van der Waals surface area contributed by atoms with Crippen molar-refractivity contribution in [3.63, 3.8) is 0 Å². The number of carboxylic acids is 1. The summed E-state index contributed by atoms with van der Waals surface area (Å²) in [5.74, 6) is -0.253. The third kappa shape index (κ3) is 1.65. The molecule has 18 heavy (non-hydrogen) atoms. The summed E-state index contributed by atoms with van der Waals surface area (Å²) in [6.45, 7) is 1.87. The van der Waals surface area contributed by atoms with Crippen LogP contribution in [0, 0.1) is 6.92 Å². The van der Waals surface area contributed by atoms with Gasteiger partial charge in [-0.3, -0.25) is 0 Å². The molecule has 0 unspecified atom stereocenters. The number of aryl methyl sites for hydroxylation is 1. The maximum atomic E-state index is 11.0. The maximum Gasteiger partial charge on any atom is 0.357 e. The average molecular weight is 260 g/mol. The summed E-state index contributed by atoms with van der Waals surface area (Å²) in [4.78, 5) is 18.4. The van der Waals surface area contributed by atoms with Crippen molar-refractivity contribution in [3.05, 3.63) is 29.7 Å². The van der Waals surface area contributed by atoms with Gasteiger partial charge in [0.2, 0.25) is 0 Å². The lowest BCUT2D eigenvalue weighted by atomic mass is 10.1. The molecule has 0 aliphatic rings. The first-order chi connectivity index (χ1) is 8.65. The fraction of sp³-hybridized carbons (Fsp3) is 0.0909. The highest BCUT2D eigenvalue weighted by Crippen LogP contribution is 2.25. The molecule has 1 aromatic carbocycles. The van der Waals surface area contributed by atoms with Crippen LogP contribution in [0.25, 0.3) is 22.3 Å². The number of hydrogen-bond acceptors (Lipinski definition) is 5. The van der Waals surface area contributed by atoms with Gasteiger partial charge in [0.15, 0.2) is 5.69 Å². The Bertz CT molecular complexity index is 746. The molecular formula is C11H8N4O2S. The highest BCUT2D eigenvalue weighted by Gasteiger charge is 2.17. The first-order valence-corrected chi connectivity index (χ1v) is 5.91. The highest BCUT2D eigenvalue weighted by atomic mass is 32.1. The van der Waals surface area contributed by atoms with Crippen molar-refractivity contribution < 1.29 is 9.90 Å². The van der Waals surface area contributed by atoms with Crippen LogP contribution in [0.1, 0.15) is 16.3 Å². The van der Waals surface area contributed by atoms with Crippen molar-refractivity contribution in [2.45, 2.75) is 6.92 Å². The summed E-state index contributed by atoms with van der Waals surface area (Å²) in [7, 11) is 0. The molecule has 2 N–H and O–H groups in total. The van der Waals surface area contributed by atoms with Crippen molar-refractivity contribution in [2.75, 3.05) is 0 Å². The zero-order chi connectivity index (χ0) is 12.7. The molecule has 2 heterocycles.